The van der Waals surface area contributed by atoms with E-state index in [1.54, 1.807) is 12.0 Å². The van der Waals surface area contributed by atoms with Crippen LogP contribution in [-0.4, -0.2) is 42.1 Å². The Hall–Kier alpha value is -2.04. The van der Waals surface area contributed by atoms with E-state index in [9.17, 15) is 9.59 Å². The molecule has 1 aliphatic heterocycles. The molecule has 114 valence electrons. The van der Waals surface area contributed by atoms with Gasteiger partial charge in [0.15, 0.2) is 0 Å². The normalized spacial score (nSPS) is 19.9. The SMILES string of the molecule is COc1ccc([C@H](C)C(=O)N2CCC[C@@H](C(=O)O)C2)cc1. The highest BCUT2D eigenvalue weighted by Crippen LogP contribution is 2.24. The molecule has 0 spiro atoms. The molecule has 1 fully saturated rings. The lowest BCUT2D eigenvalue weighted by Gasteiger charge is -2.32. The summed E-state index contributed by atoms with van der Waals surface area (Å²) in [6.45, 7) is 2.81. The first-order valence-corrected chi connectivity index (χ1v) is 7.18. The fourth-order valence-corrected chi connectivity index (χ4v) is 2.69. The zero-order chi connectivity index (χ0) is 15.4. The van der Waals surface area contributed by atoms with Gasteiger partial charge in [0, 0.05) is 13.1 Å². The van der Waals surface area contributed by atoms with Gasteiger partial charge in [0.1, 0.15) is 5.75 Å². The molecule has 0 aliphatic carbocycles. The van der Waals surface area contributed by atoms with Gasteiger partial charge >= 0.3 is 5.97 Å². The molecule has 1 aliphatic rings. The summed E-state index contributed by atoms with van der Waals surface area (Å²) in [5.41, 5.74) is 0.915. The summed E-state index contributed by atoms with van der Waals surface area (Å²) in [7, 11) is 1.60. The first-order chi connectivity index (χ1) is 10.0. The van der Waals surface area contributed by atoms with Gasteiger partial charge in [-0.15, -0.1) is 0 Å². The van der Waals surface area contributed by atoms with Gasteiger partial charge in [0.2, 0.25) is 5.91 Å². The van der Waals surface area contributed by atoms with Crippen molar-refractivity contribution in [2.45, 2.75) is 25.7 Å². The predicted molar refractivity (Wildman–Crippen MR) is 78.3 cm³/mol. The van der Waals surface area contributed by atoms with E-state index < -0.39 is 11.9 Å². The van der Waals surface area contributed by atoms with Gasteiger partial charge in [0.25, 0.3) is 0 Å². The first-order valence-electron chi connectivity index (χ1n) is 7.18. The number of benzene rings is 1. The van der Waals surface area contributed by atoms with Crippen molar-refractivity contribution < 1.29 is 19.4 Å². The van der Waals surface area contributed by atoms with E-state index in [0.717, 1.165) is 17.7 Å². The van der Waals surface area contributed by atoms with Crippen LogP contribution in [0.15, 0.2) is 24.3 Å². The lowest BCUT2D eigenvalue weighted by Crippen LogP contribution is -2.43. The van der Waals surface area contributed by atoms with Crippen molar-refractivity contribution in [3.63, 3.8) is 0 Å². The third-order valence-electron chi connectivity index (χ3n) is 4.07. The van der Waals surface area contributed by atoms with E-state index in [0.29, 0.717) is 19.5 Å². The molecule has 0 radical (unpaired) electrons. The Morgan fingerprint density at radius 1 is 1.33 bits per heavy atom. The molecule has 1 amide bonds. The van der Waals surface area contributed by atoms with Crippen molar-refractivity contribution in [3.05, 3.63) is 29.8 Å². The maximum Gasteiger partial charge on any atom is 0.308 e. The highest BCUT2D eigenvalue weighted by molar-refractivity contribution is 5.84. The Morgan fingerprint density at radius 2 is 2.00 bits per heavy atom. The Labute approximate surface area is 124 Å². The van der Waals surface area contributed by atoms with Crippen molar-refractivity contribution in [1.29, 1.82) is 0 Å². The summed E-state index contributed by atoms with van der Waals surface area (Å²) < 4.78 is 5.11. The van der Waals surface area contributed by atoms with Crippen molar-refractivity contribution in [1.82, 2.24) is 4.90 Å². The average Bonchev–Trinajstić information content (AvgIpc) is 2.53. The van der Waals surface area contributed by atoms with E-state index in [1.165, 1.54) is 0 Å². The monoisotopic (exact) mass is 291 g/mol. The minimum atomic E-state index is -0.815. The molecule has 2 atom stereocenters. The van der Waals surface area contributed by atoms with Crippen molar-refractivity contribution in [2.75, 3.05) is 20.2 Å². The molecule has 5 nitrogen and oxygen atoms in total. The molecule has 0 unspecified atom stereocenters. The molecular formula is C16H21NO4. The number of ether oxygens (including phenoxy) is 1. The van der Waals surface area contributed by atoms with E-state index in [4.69, 9.17) is 9.84 Å². The van der Waals surface area contributed by atoms with E-state index in [-0.39, 0.29) is 11.8 Å². The fraction of sp³-hybridized carbons (Fsp3) is 0.500. The summed E-state index contributed by atoms with van der Waals surface area (Å²) in [6.07, 6.45) is 1.40. The second kappa shape index (κ2) is 6.61. The van der Waals surface area contributed by atoms with E-state index in [1.807, 2.05) is 31.2 Å². The van der Waals surface area contributed by atoms with Crippen LogP contribution in [0.3, 0.4) is 0 Å². The van der Waals surface area contributed by atoms with Gasteiger partial charge in [-0.2, -0.15) is 0 Å². The third kappa shape index (κ3) is 3.54. The van der Waals surface area contributed by atoms with Crippen LogP contribution in [-0.2, 0) is 9.59 Å². The van der Waals surface area contributed by atoms with E-state index in [2.05, 4.69) is 0 Å². The Bertz CT molecular complexity index is 512. The van der Waals surface area contributed by atoms with E-state index >= 15 is 0 Å². The molecule has 1 N–H and O–H groups in total. The molecule has 1 aromatic rings. The number of nitrogens with zero attached hydrogens (tertiary/aromatic N) is 1. The number of hydrogen-bond donors (Lipinski definition) is 1. The standard InChI is InChI=1S/C16H21NO4/c1-11(12-5-7-14(21-2)8-6-12)15(18)17-9-3-4-13(10-17)16(19)20/h5-8,11,13H,3-4,9-10H2,1-2H3,(H,19,20)/t11-,13+/m0/s1. The number of carbonyl (C=O) groups is 2. The first kappa shape index (κ1) is 15.4. The van der Waals surface area contributed by atoms with Gasteiger partial charge in [-0.1, -0.05) is 12.1 Å². The quantitative estimate of drug-likeness (QED) is 0.922. The Morgan fingerprint density at radius 3 is 2.57 bits per heavy atom. The Balaban J connectivity index is 2.05. The summed E-state index contributed by atoms with van der Waals surface area (Å²) in [4.78, 5) is 25.3. The molecule has 0 bridgehead atoms. The molecule has 1 saturated heterocycles. The maximum atomic E-state index is 12.5. The molecule has 2 rings (SSSR count). The molecule has 21 heavy (non-hydrogen) atoms. The van der Waals surface area contributed by atoms with Gasteiger partial charge in [-0.05, 0) is 37.5 Å². The number of likely N-dealkylation sites (tertiary alicyclic amines) is 1. The largest absolute Gasteiger partial charge is 0.497 e. The summed E-state index contributed by atoms with van der Waals surface area (Å²) in [6, 6.07) is 7.41. The van der Waals surface area contributed by atoms with Crippen molar-refractivity contribution >= 4 is 11.9 Å². The number of hydrogen-bond acceptors (Lipinski definition) is 3. The maximum absolute atomic E-state index is 12.5. The van der Waals surface area contributed by atoms with Gasteiger partial charge in [0.05, 0.1) is 18.9 Å². The number of carboxylic acids is 1. The second-order valence-corrected chi connectivity index (χ2v) is 5.46. The second-order valence-electron chi connectivity index (χ2n) is 5.46. The lowest BCUT2D eigenvalue weighted by atomic mass is 9.94. The zero-order valence-electron chi connectivity index (χ0n) is 12.4. The van der Waals surface area contributed by atoms with Crippen molar-refractivity contribution in [2.24, 2.45) is 5.92 Å². The number of rotatable bonds is 4. The third-order valence-corrected chi connectivity index (χ3v) is 4.07. The van der Waals surface area contributed by atoms with Crippen LogP contribution in [0.2, 0.25) is 0 Å². The van der Waals surface area contributed by atoms with Gasteiger partial charge in [-0.25, -0.2) is 0 Å². The van der Waals surface area contributed by atoms with Crippen LogP contribution in [0.5, 0.6) is 5.75 Å². The van der Waals surface area contributed by atoms with Crippen LogP contribution in [0.4, 0.5) is 0 Å². The predicted octanol–water partition coefficient (Wildman–Crippen LogP) is 2.12. The molecular weight excluding hydrogens is 270 g/mol. The lowest BCUT2D eigenvalue weighted by molar-refractivity contribution is -0.146. The topological polar surface area (TPSA) is 66.8 Å². The van der Waals surface area contributed by atoms with Crippen LogP contribution >= 0.6 is 0 Å². The number of amides is 1. The number of carbonyl (C=O) groups excluding carboxylic acids is 1. The smallest absolute Gasteiger partial charge is 0.308 e. The molecule has 1 heterocycles. The molecule has 0 saturated carbocycles. The van der Waals surface area contributed by atoms with Crippen LogP contribution in [0.1, 0.15) is 31.2 Å². The fourth-order valence-electron chi connectivity index (χ4n) is 2.69. The number of carboxylic acid groups (broad SMARTS) is 1. The minimum absolute atomic E-state index is 0.00823. The van der Waals surface area contributed by atoms with Crippen LogP contribution in [0, 0.1) is 5.92 Å². The highest BCUT2D eigenvalue weighted by Gasteiger charge is 2.30. The zero-order valence-corrected chi connectivity index (χ0v) is 12.4. The summed E-state index contributed by atoms with van der Waals surface area (Å²) >= 11 is 0. The minimum Gasteiger partial charge on any atom is -0.497 e. The van der Waals surface area contributed by atoms with Crippen molar-refractivity contribution in [3.8, 4) is 5.75 Å². The van der Waals surface area contributed by atoms with Crippen LogP contribution in [0.25, 0.3) is 0 Å². The molecule has 5 heteroatoms. The van der Waals surface area contributed by atoms with Gasteiger partial charge < -0.3 is 14.7 Å². The summed E-state index contributed by atoms with van der Waals surface area (Å²) in [5.74, 6) is -0.785. The highest BCUT2D eigenvalue weighted by atomic mass is 16.5. The summed E-state index contributed by atoms with van der Waals surface area (Å²) in [5, 5.41) is 9.10. The number of aliphatic carboxylic acids is 1. The van der Waals surface area contributed by atoms with Crippen LogP contribution < -0.4 is 4.74 Å². The van der Waals surface area contributed by atoms with Gasteiger partial charge in [-0.3, -0.25) is 9.59 Å². The average molecular weight is 291 g/mol. The molecule has 0 aromatic heterocycles. The number of methoxy groups -OCH3 is 1. The molecule has 1 aromatic carbocycles. The Kier molecular flexibility index (Phi) is 4.83. The number of piperidine rings is 1.